The largest absolute Gasteiger partial charge is 0.497 e. The molecule has 0 aliphatic carbocycles. The van der Waals surface area contributed by atoms with Gasteiger partial charge in [-0.25, -0.2) is 4.79 Å². The van der Waals surface area contributed by atoms with Crippen molar-refractivity contribution in [2.45, 2.75) is 19.8 Å². The minimum absolute atomic E-state index is 0.173. The van der Waals surface area contributed by atoms with Crippen LogP contribution in [0.4, 0.5) is 5.69 Å². The zero-order valence-electron chi connectivity index (χ0n) is 14.5. The van der Waals surface area contributed by atoms with Crippen molar-refractivity contribution in [2.75, 3.05) is 19.5 Å². The number of amides is 1. The molecule has 132 valence electrons. The second-order valence-electron chi connectivity index (χ2n) is 5.56. The van der Waals surface area contributed by atoms with Gasteiger partial charge in [0.05, 0.1) is 19.8 Å². The summed E-state index contributed by atoms with van der Waals surface area (Å²) in [5.41, 5.74) is 2.15. The number of rotatable bonds is 7. The van der Waals surface area contributed by atoms with Crippen molar-refractivity contribution in [2.24, 2.45) is 0 Å². The number of benzene rings is 2. The van der Waals surface area contributed by atoms with Gasteiger partial charge in [-0.3, -0.25) is 4.79 Å². The Bertz CT molecular complexity index is 785. The van der Waals surface area contributed by atoms with Crippen LogP contribution in [0.25, 0.3) is 0 Å². The summed E-state index contributed by atoms with van der Waals surface area (Å²) in [4.78, 5) is 23.3. The van der Waals surface area contributed by atoms with Crippen molar-refractivity contribution in [3.63, 3.8) is 0 Å². The summed E-state index contributed by atoms with van der Waals surface area (Å²) in [6.07, 6.45) is 0.712. The summed E-state index contributed by atoms with van der Waals surface area (Å²) in [6.45, 7) is 1.71. The monoisotopic (exact) mass is 343 g/mol. The average molecular weight is 343 g/mol. The number of ether oxygens (including phenoxy) is 2. The highest BCUT2D eigenvalue weighted by Gasteiger charge is 2.11. The maximum atomic E-state index is 12.2. The summed E-state index contributed by atoms with van der Waals surface area (Å²) in [6, 6.07) is 10.2. The maximum absolute atomic E-state index is 12.2. The summed E-state index contributed by atoms with van der Waals surface area (Å²) in [5.74, 6) is 0.165. The average Bonchev–Trinajstić information content (AvgIpc) is 2.61. The second-order valence-corrected chi connectivity index (χ2v) is 5.56. The summed E-state index contributed by atoms with van der Waals surface area (Å²) >= 11 is 0. The molecule has 2 aromatic carbocycles. The predicted molar refractivity (Wildman–Crippen MR) is 94.6 cm³/mol. The Morgan fingerprint density at radius 2 is 1.84 bits per heavy atom. The standard InChI is InChI=1S/C19H21NO5/c1-12-4-6-14(11-16(12)19(22)23)20-18(21)9-5-13-10-15(24-2)7-8-17(13)25-3/h4,6-8,10-11H,5,9H2,1-3H3,(H,20,21)(H,22,23). The zero-order chi connectivity index (χ0) is 18.4. The van der Waals surface area contributed by atoms with Gasteiger partial charge in [0.2, 0.25) is 5.91 Å². The molecule has 0 bridgehead atoms. The predicted octanol–water partition coefficient (Wildman–Crippen LogP) is 3.28. The number of methoxy groups -OCH3 is 2. The van der Waals surface area contributed by atoms with Crippen molar-refractivity contribution < 1.29 is 24.2 Å². The molecule has 0 spiro atoms. The first-order valence-electron chi connectivity index (χ1n) is 7.79. The molecule has 0 aliphatic rings. The van der Waals surface area contributed by atoms with Crippen molar-refractivity contribution in [3.8, 4) is 11.5 Å². The lowest BCUT2D eigenvalue weighted by atomic mass is 10.1. The Labute approximate surface area is 146 Å². The molecule has 25 heavy (non-hydrogen) atoms. The lowest BCUT2D eigenvalue weighted by Gasteiger charge is -2.11. The van der Waals surface area contributed by atoms with Crippen molar-refractivity contribution in [3.05, 3.63) is 53.1 Å². The van der Waals surface area contributed by atoms with Gasteiger partial charge in [-0.1, -0.05) is 6.07 Å². The Morgan fingerprint density at radius 1 is 1.08 bits per heavy atom. The SMILES string of the molecule is COc1ccc(OC)c(CCC(=O)Nc2ccc(C)c(C(=O)O)c2)c1. The number of anilines is 1. The van der Waals surface area contributed by atoms with E-state index in [1.54, 1.807) is 45.4 Å². The van der Waals surface area contributed by atoms with E-state index < -0.39 is 5.97 Å². The lowest BCUT2D eigenvalue weighted by Crippen LogP contribution is -2.13. The molecule has 0 radical (unpaired) electrons. The zero-order valence-corrected chi connectivity index (χ0v) is 14.5. The number of carbonyl (C=O) groups is 2. The molecule has 0 atom stereocenters. The fourth-order valence-corrected chi connectivity index (χ4v) is 2.48. The smallest absolute Gasteiger partial charge is 0.336 e. The molecule has 0 saturated carbocycles. The first-order valence-corrected chi connectivity index (χ1v) is 7.79. The summed E-state index contributed by atoms with van der Waals surface area (Å²) < 4.78 is 10.5. The fourth-order valence-electron chi connectivity index (χ4n) is 2.48. The van der Waals surface area contributed by atoms with E-state index in [1.807, 2.05) is 6.07 Å². The van der Waals surface area contributed by atoms with Crippen LogP contribution in [-0.4, -0.2) is 31.2 Å². The fraction of sp³-hybridized carbons (Fsp3) is 0.263. The minimum Gasteiger partial charge on any atom is -0.497 e. The van der Waals surface area contributed by atoms with Crippen LogP contribution >= 0.6 is 0 Å². The van der Waals surface area contributed by atoms with E-state index in [0.717, 1.165) is 5.56 Å². The van der Waals surface area contributed by atoms with Crippen LogP contribution in [0.2, 0.25) is 0 Å². The molecule has 0 aliphatic heterocycles. The molecule has 2 rings (SSSR count). The molecule has 0 unspecified atom stereocenters. The number of carbonyl (C=O) groups excluding carboxylic acids is 1. The maximum Gasteiger partial charge on any atom is 0.336 e. The van der Waals surface area contributed by atoms with Crippen LogP contribution < -0.4 is 14.8 Å². The van der Waals surface area contributed by atoms with Crippen LogP contribution in [0.1, 0.15) is 27.9 Å². The molecule has 6 heteroatoms. The summed E-state index contributed by atoms with van der Waals surface area (Å²) in [7, 11) is 3.15. The number of carboxylic acid groups (broad SMARTS) is 1. The molecule has 0 heterocycles. The number of carboxylic acids is 1. The molecule has 6 nitrogen and oxygen atoms in total. The molecule has 2 N–H and O–H groups in total. The van der Waals surface area contributed by atoms with Gasteiger partial charge < -0.3 is 19.9 Å². The van der Waals surface area contributed by atoms with Crippen LogP contribution in [0, 0.1) is 6.92 Å². The van der Waals surface area contributed by atoms with E-state index in [4.69, 9.17) is 14.6 Å². The molecular weight excluding hydrogens is 322 g/mol. The Morgan fingerprint density at radius 3 is 2.48 bits per heavy atom. The number of aromatic carboxylic acids is 1. The third-order valence-corrected chi connectivity index (χ3v) is 3.86. The summed E-state index contributed by atoms with van der Waals surface area (Å²) in [5, 5.41) is 11.9. The quantitative estimate of drug-likeness (QED) is 0.806. The van der Waals surface area contributed by atoms with Crippen LogP contribution in [0.15, 0.2) is 36.4 Å². The number of hydrogen-bond donors (Lipinski definition) is 2. The highest BCUT2D eigenvalue weighted by atomic mass is 16.5. The van der Waals surface area contributed by atoms with Crippen LogP contribution in [0.5, 0.6) is 11.5 Å². The molecular formula is C19H21NO5. The van der Waals surface area contributed by atoms with Crippen molar-refractivity contribution in [1.29, 1.82) is 0 Å². The second kappa shape index (κ2) is 8.19. The Kier molecular flexibility index (Phi) is 6.00. The van der Waals surface area contributed by atoms with E-state index in [0.29, 0.717) is 29.2 Å². The number of aryl methyl sites for hydroxylation is 2. The van der Waals surface area contributed by atoms with Crippen LogP contribution in [-0.2, 0) is 11.2 Å². The van der Waals surface area contributed by atoms with Gasteiger partial charge in [0.1, 0.15) is 11.5 Å². The highest BCUT2D eigenvalue weighted by molar-refractivity contribution is 5.94. The van der Waals surface area contributed by atoms with Gasteiger partial charge >= 0.3 is 5.97 Å². The number of nitrogens with one attached hydrogen (secondary N) is 1. The van der Waals surface area contributed by atoms with E-state index >= 15 is 0 Å². The first-order chi connectivity index (χ1) is 11.9. The van der Waals surface area contributed by atoms with Gasteiger partial charge in [-0.05, 0) is 54.8 Å². The molecule has 2 aromatic rings. The third kappa shape index (κ3) is 4.73. The molecule has 0 fully saturated rings. The number of hydrogen-bond acceptors (Lipinski definition) is 4. The normalized spacial score (nSPS) is 10.2. The van der Waals surface area contributed by atoms with Gasteiger partial charge in [0.15, 0.2) is 0 Å². The van der Waals surface area contributed by atoms with E-state index in [1.165, 1.54) is 6.07 Å². The first kappa shape index (κ1) is 18.3. The van der Waals surface area contributed by atoms with Crippen molar-refractivity contribution >= 4 is 17.6 Å². The van der Waals surface area contributed by atoms with Crippen LogP contribution in [0.3, 0.4) is 0 Å². The Balaban J connectivity index is 2.04. The van der Waals surface area contributed by atoms with Crippen molar-refractivity contribution in [1.82, 2.24) is 0 Å². The highest BCUT2D eigenvalue weighted by Crippen LogP contribution is 2.25. The molecule has 0 saturated heterocycles. The van der Waals surface area contributed by atoms with Gasteiger partial charge in [0.25, 0.3) is 0 Å². The topological polar surface area (TPSA) is 84.9 Å². The lowest BCUT2D eigenvalue weighted by molar-refractivity contribution is -0.116. The van der Waals surface area contributed by atoms with Gasteiger partial charge in [0, 0.05) is 12.1 Å². The minimum atomic E-state index is -1.02. The molecule has 0 aromatic heterocycles. The van der Waals surface area contributed by atoms with Gasteiger partial charge in [-0.2, -0.15) is 0 Å². The van der Waals surface area contributed by atoms with E-state index in [9.17, 15) is 9.59 Å². The molecule has 1 amide bonds. The van der Waals surface area contributed by atoms with Gasteiger partial charge in [-0.15, -0.1) is 0 Å². The third-order valence-electron chi connectivity index (χ3n) is 3.86. The van der Waals surface area contributed by atoms with E-state index in [2.05, 4.69) is 5.32 Å². The van der Waals surface area contributed by atoms with E-state index in [-0.39, 0.29) is 17.9 Å². The Hall–Kier alpha value is -3.02.